The van der Waals surface area contributed by atoms with E-state index in [-0.39, 0.29) is 0 Å². The van der Waals surface area contributed by atoms with Gasteiger partial charge in [-0.05, 0) is 19.1 Å². The summed E-state index contributed by atoms with van der Waals surface area (Å²) in [4.78, 5) is 0. The summed E-state index contributed by atoms with van der Waals surface area (Å²) in [6, 6.07) is 7.94. The molecule has 1 rings (SSSR count). The molecule has 0 unspecified atom stereocenters. The van der Waals surface area contributed by atoms with E-state index in [9.17, 15) is 0 Å². The van der Waals surface area contributed by atoms with Crippen LogP contribution in [0.5, 0.6) is 5.75 Å². The maximum Gasteiger partial charge on any atom is 0.119 e. The highest BCUT2D eigenvalue weighted by molar-refractivity contribution is 5.26. The number of ether oxygens (including phenoxy) is 1. The van der Waals surface area contributed by atoms with Crippen molar-refractivity contribution < 1.29 is 4.74 Å². The SMILES string of the molecule is CC.Cc1ccc(OCCN)cc1. The minimum absolute atomic E-state index is 0.563. The van der Waals surface area contributed by atoms with Gasteiger partial charge in [0.1, 0.15) is 12.4 Å². The quantitative estimate of drug-likeness (QED) is 0.777. The van der Waals surface area contributed by atoms with Gasteiger partial charge in [-0.2, -0.15) is 0 Å². The highest BCUT2D eigenvalue weighted by atomic mass is 16.5. The first-order chi connectivity index (χ1) is 6.33. The molecule has 0 amide bonds. The lowest BCUT2D eigenvalue weighted by atomic mass is 10.2. The first-order valence-electron chi connectivity index (χ1n) is 4.72. The third kappa shape index (κ3) is 5.26. The van der Waals surface area contributed by atoms with Crippen LogP contribution in [0.15, 0.2) is 24.3 Å². The Balaban J connectivity index is 0.000000671. The number of benzene rings is 1. The molecule has 2 heteroatoms. The van der Waals surface area contributed by atoms with Crippen LogP contribution in [-0.4, -0.2) is 13.2 Å². The molecule has 2 N–H and O–H groups in total. The van der Waals surface area contributed by atoms with E-state index in [4.69, 9.17) is 10.5 Å². The van der Waals surface area contributed by atoms with Gasteiger partial charge in [0, 0.05) is 6.54 Å². The van der Waals surface area contributed by atoms with Crippen LogP contribution < -0.4 is 10.5 Å². The molecule has 74 valence electrons. The van der Waals surface area contributed by atoms with Crippen LogP contribution in [0.25, 0.3) is 0 Å². The van der Waals surface area contributed by atoms with Crippen molar-refractivity contribution >= 4 is 0 Å². The fourth-order valence-electron chi connectivity index (χ4n) is 0.811. The van der Waals surface area contributed by atoms with Crippen molar-refractivity contribution in [1.29, 1.82) is 0 Å². The van der Waals surface area contributed by atoms with Gasteiger partial charge in [0.05, 0.1) is 0 Å². The summed E-state index contributed by atoms with van der Waals surface area (Å²) in [5, 5.41) is 0. The summed E-state index contributed by atoms with van der Waals surface area (Å²) >= 11 is 0. The summed E-state index contributed by atoms with van der Waals surface area (Å²) < 4.78 is 5.29. The van der Waals surface area contributed by atoms with Gasteiger partial charge in [0.15, 0.2) is 0 Å². The number of aryl methyl sites for hydroxylation is 1. The molecule has 0 bridgehead atoms. The zero-order valence-corrected chi connectivity index (χ0v) is 8.71. The lowest BCUT2D eigenvalue weighted by Crippen LogP contribution is -2.10. The standard InChI is InChI=1S/C9H13NO.C2H6/c1-8-2-4-9(5-3-8)11-7-6-10;1-2/h2-5H,6-7,10H2,1H3;1-2H3. The predicted molar refractivity (Wildman–Crippen MR) is 57.1 cm³/mol. The Kier molecular flexibility index (Phi) is 7.02. The number of hydrogen-bond acceptors (Lipinski definition) is 2. The molecular formula is C11H19NO. The largest absolute Gasteiger partial charge is 0.492 e. The summed E-state index contributed by atoms with van der Waals surface area (Å²) in [6.07, 6.45) is 0. The van der Waals surface area contributed by atoms with Gasteiger partial charge in [0.2, 0.25) is 0 Å². The normalized spacial score (nSPS) is 8.62. The van der Waals surface area contributed by atoms with Crippen LogP contribution in [0.4, 0.5) is 0 Å². The number of nitrogens with two attached hydrogens (primary N) is 1. The van der Waals surface area contributed by atoms with Crippen molar-refractivity contribution in [3.63, 3.8) is 0 Å². The van der Waals surface area contributed by atoms with E-state index < -0.39 is 0 Å². The molecule has 0 atom stereocenters. The van der Waals surface area contributed by atoms with Crippen molar-refractivity contribution in [3.05, 3.63) is 29.8 Å². The molecule has 0 aliphatic carbocycles. The number of hydrogen-bond donors (Lipinski definition) is 1. The van der Waals surface area contributed by atoms with E-state index in [0.717, 1.165) is 5.75 Å². The van der Waals surface area contributed by atoms with Crippen LogP contribution in [0, 0.1) is 6.92 Å². The van der Waals surface area contributed by atoms with E-state index in [1.807, 2.05) is 45.0 Å². The molecule has 0 radical (unpaired) electrons. The van der Waals surface area contributed by atoms with Gasteiger partial charge in [0.25, 0.3) is 0 Å². The van der Waals surface area contributed by atoms with E-state index in [1.54, 1.807) is 0 Å². The fourth-order valence-corrected chi connectivity index (χ4v) is 0.811. The van der Waals surface area contributed by atoms with E-state index in [2.05, 4.69) is 0 Å². The first kappa shape index (κ1) is 12.0. The average molecular weight is 181 g/mol. The van der Waals surface area contributed by atoms with Crippen molar-refractivity contribution in [2.24, 2.45) is 5.73 Å². The summed E-state index contributed by atoms with van der Waals surface area (Å²) in [6.45, 7) is 7.20. The average Bonchev–Trinajstić information content (AvgIpc) is 2.20. The second-order valence-electron chi connectivity index (χ2n) is 2.45. The molecule has 2 nitrogen and oxygen atoms in total. The highest BCUT2D eigenvalue weighted by Crippen LogP contribution is 2.10. The molecule has 1 aromatic carbocycles. The van der Waals surface area contributed by atoms with Crippen LogP contribution in [0.2, 0.25) is 0 Å². The summed E-state index contributed by atoms with van der Waals surface area (Å²) in [5.74, 6) is 0.890. The maximum absolute atomic E-state index is 5.29. The number of rotatable bonds is 3. The topological polar surface area (TPSA) is 35.2 Å². The van der Waals surface area contributed by atoms with Crippen molar-refractivity contribution in [1.82, 2.24) is 0 Å². The fraction of sp³-hybridized carbons (Fsp3) is 0.455. The molecule has 0 aliphatic rings. The second-order valence-corrected chi connectivity index (χ2v) is 2.45. The lowest BCUT2D eigenvalue weighted by molar-refractivity contribution is 0.328. The van der Waals surface area contributed by atoms with Crippen LogP contribution in [-0.2, 0) is 0 Å². The van der Waals surface area contributed by atoms with Crippen molar-refractivity contribution in [2.45, 2.75) is 20.8 Å². The molecule has 0 saturated heterocycles. The lowest BCUT2D eigenvalue weighted by Gasteiger charge is -2.03. The van der Waals surface area contributed by atoms with E-state index in [0.29, 0.717) is 13.2 Å². The molecule has 0 fully saturated rings. The Labute approximate surface area is 80.7 Å². The van der Waals surface area contributed by atoms with Crippen LogP contribution >= 0.6 is 0 Å². The molecular weight excluding hydrogens is 162 g/mol. The third-order valence-electron chi connectivity index (χ3n) is 1.41. The Morgan fingerprint density at radius 3 is 2.15 bits per heavy atom. The zero-order valence-electron chi connectivity index (χ0n) is 8.71. The summed E-state index contributed by atoms with van der Waals surface area (Å²) in [7, 11) is 0. The van der Waals surface area contributed by atoms with Gasteiger partial charge in [-0.15, -0.1) is 0 Å². The van der Waals surface area contributed by atoms with Gasteiger partial charge in [-0.1, -0.05) is 31.5 Å². The molecule has 13 heavy (non-hydrogen) atoms. The Morgan fingerprint density at radius 1 is 1.15 bits per heavy atom. The molecule has 1 aromatic rings. The molecule has 0 saturated carbocycles. The van der Waals surface area contributed by atoms with E-state index in [1.165, 1.54) is 5.56 Å². The van der Waals surface area contributed by atoms with Gasteiger partial charge in [-0.3, -0.25) is 0 Å². The Hall–Kier alpha value is -1.02. The zero-order chi connectivity index (χ0) is 10.1. The van der Waals surface area contributed by atoms with Gasteiger partial charge in [-0.25, -0.2) is 0 Å². The third-order valence-corrected chi connectivity index (χ3v) is 1.41. The van der Waals surface area contributed by atoms with Crippen molar-refractivity contribution in [2.75, 3.05) is 13.2 Å². The molecule has 0 heterocycles. The van der Waals surface area contributed by atoms with Crippen molar-refractivity contribution in [3.8, 4) is 5.75 Å². The molecule has 0 aromatic heterocycles. The molecule has 0 spiro atoms. The van der Waals surface area contributed by atoms with Crippen LogP contribution in [0.3, 0.4) is 0 Å². The van der Waals surface area contributed by atoms with Gasteiger partial charge < -0.3 is 10.5 Å². The van der Waals surface area contributed by atoms with E-state index >= 15 is 0 Å². The first-order valence-corrected chi connectivity index (χ1v) is 4.72. The maximum atomic E-state index is 5.29. The Bertz CT molecular complexity index is 206. The second kappa shape index (κ2) is 7.62. The Morgan fingerprint density at radius 2 is 1.69 bits per heavy atom. The minimum atomic E-state index is 0.563. The van der Waals surface area contributed by atoms with Crippen LogP contribution in [0.1, 0.15) is 19.4 Å². The van der Waals surface area contributed by atoms with Gasteiger partial charge >= 0.3 is 0 Å². The predicted octanol–water partition coefficient (Wildman–Crippen LogP) is 2.36. The minimum Gasteiger partial charge on any atom is -0.492 e. The molecule has 0 aliphatic heterocycles. The monoisotopic (exact) mass is 181 g/mol. The smallest absolute Gasteiger partial charge is 0.119 e. The highest BCUT2D eigenvalue weighted by Gasteiger charge is 1.89. The summed E-state index contributed by atoms with van der Waals surface area (Å²) in [5.41, 5.74) is 6.52.